The van der Waals surface area contributed by atoms with E-state index in [1.807, 2.05) is 24.3 Å². The van der Waals surface area contributed by atoms with Gasteiger partial charge in [0.15, 0.2) is 11.3 Å². The van der Waals surface area contributed by atoms with Gasteiger partial charge in [0.1, 0.15) is 13.2 Å². The molecule has 0 saturated carbocycles. The number of hydrogen-bond donors (Lipinski definition) is 4. The topological polar surface area (TPSA) is 209 Å². The summed E-state index contributed by atoms with van der Waals surface area (Å²) in [6, 6.07) is 14.3. The molecule has 0 amide bonds. The molecule has 216 valence electrons. The van der Waals surface area contributed by atoms with Crippen LogP contribution in [0.5, 0.6) is 0 Å². The molecule has 0 saturated heterocycles. The summed E-state index contributed by atoms with van der Waals surface area (Å²) in [7, 11) is -9.33. The number of nitrogens with zero attached hydrogens (tertiary/aromatic N) is 4. The SMILES string of the molecule is CC(C(=O)OCCN(CCOC(=O)C(C)P(=O)(O)O)c1ccc(/N=N/c2nc3ccccc3s2)cc1)P(=O)(O)O. The van der Waals surface area contributed by atoms with Crippen LogP contribution in [0, 0.1) is 0 Å². The van der Waals surface area contributed by atoms with Crippen LogP contribution >= 0.6 is 26.5 Å². The van der Waals surface area contributed by atoms with Crippen molar-refractivity contribution in [2.75, 3.05) is 31.2 Å². The minimum absolute atomic E-state index is 0.0534. The molecule has 0 aliphatic rings. The highest BCUT2D eigenvalue weighted by Gasteiger charge is 2.33. The molecule has 0 aliphatic carbocycles. The second-order valence-electron chi connectivity index (χ2n) is 8.53. The first-order valence-corrected chi connectivity index (χ1v) is 16.0. The molecular weight excluding hydrogens is 586 g/mol. The van der Waals surface area contributed by atoms with Gasteiger partial charge in [0.2, 0.25) is 5.13 Å². The first kappa shape index (κ1) is 31.5. The highest BCUT2D eigenvalue weighted by Crippen LogP contribution is 2.42. The Balaban J connectivity index is 1.67. The number of thiazole rings is 1. The van der Waals surface area contributed by atoms with Crippen molar-refractivity contribution in [3.8, 4) is 0 Å². The molecule has 0 bridgehead atoms. The quantitative estimate of drug-likeness (QED) is 0.123. The van der Waals surface area contributed by atoms with Crippen molar-refractivity contribution in [3.63, 3.8) is 0 Å². The second kappa shape index (κ2) is 13.6. The van der Waals surface area contributed by atoms with Crippen LogP contribution in [-0.4, -0.2) is 74.1 Å². The van der Waals surface area contributed by atoms with Gasteiger partial charge in [0.05, 0.1) is 29.0 Å². The Morgan fingerprint density at radius 2 is 1.40 bits per heavy atom. The molecule has 4 N–H and O–H groups in total. The molecule has 2 atom stereocenters. The van der Waals surface area contributed by atoms with Crippen LogP contribution in [0.2, 0.25) is 0 Å². The number of hydrogen-bond acceptors (Lipinski definition) is 11. The van der Waals surface area contributed by atoms with Gasteiger partial charge in [-0.25, -0.2) is 4.98 Å². The zero-order valence-corrected chi connectivity index (χ0v) is 24.0. The van der Waals surface area contributed by atoms with Crippen LogP contribution < -0.4 is 4.90 Å². The molecule has 0 radical (unpaired) electrons. The number of fused-ring (bicyclic) bond motifs is 1. The summed E-state index contributed by atoms with van der Waals surface area (Å²) < 4.78 is 33.6. The van der Waals surface area contributed by atoms with Gasteiger partial charge >= 0.3 is 27.1 Å². The molecular formula is C23H28N4O10P2S. The van der Waals surface area contributed by atoms with Gasteiger partial charge in [-0.05, 0) is 50.2 Å². The molecule has 1 heterocycles. The molecule has 2 aromatic carbocycles. The first-order valence-electron chi connectivity index (χ1n) is 11.8. The summed E-state index contributed by atoms with van der Waals surface area (Å²) in [6.45, 7) is 1.74. The summed E-state index contributed by atoms with van der Waals surface area (Å²) in [5.74, 6) is -2.14. The summed E-state index contributed by atoms with van der Waals surface area (Å²) in [5, 5.41) is 8.86. The fourth-order valence-electron chi connectivity index (χ4n) is 3.13. The highest BCUT2D eigenvalue weighted by atomic mass is 32.1. The fraction of sp³-hybridized carbons (Fsp3) is 0.348. The van der Waals surface area contributed by atoms with Gasteiger partial charge in [-0.15, -0.1) is 10.2 Å². The fourth-order valence-corrected chi connectivity index (χ4v) is 4.62. The average molecular weight is 615 g/mol. The lowest BCUT2D eigenvalue weighted by Gasteiger charge is -2.25. The maximum absolute atomic E-state index is 12.0. The lowest BCUT2D eigenvalue weighted by Crippen LogP contribution is -2.34. The van der Waals surface area contributed by atoms with E-state index >= 15 is 0 Å². The number of azo groups is 1. The molecule has 3 aromatic rings. The minimum atomic E-state index is -4.66. The molecule has 0 fully saturated rings. The van der Waals surface area contributed by atoms with E-state index < -0.39 is 38.4 Å². The standard InChI is InChI=1S/C23H28N4O10P2S/c1-15(38(30,31)32)21(28)36-13-11-27(12-14-37-22(29)16(2)39(33,34)35)18-9-7-17(8-10-18)25-26-23-24-19-5-3-4-6-20(19)40-23/h3-10,15-16H,11-14H2,1-2H3,(H2,30,31,32)(H2,33,34,35)/b26-25+. The van der Waals surface area contributed by atoms with E-state index in [1.165, 1.54) is 11.3 Å². The molecule has 1 aromatic heterocycles. The number of anilines is 1. The monoisotopic (exact) mass is 614 g/mol. The molecule has 0 aliphatic heterocycles. The van der Waals surface area contributed by atoms with Crippen molar-refractivity contribution in [3.05, 3.63) is 48.5 Å². The van der Waals surface area contributed by atoms with Crippen molar-refractivity contribution < 1.29 is 47.8 Å². The van der Waals surface area contributed by atoms with E-state index in [0.717, 1.165) is 24.1 Å². The average Bonchev–Trinajstić information content (AvgIpc) is 3.32. The van der Waals surface area contributed by atoms with E-state index in [1.54, 1.807) is 29.2 Å². The maximum Gasteiger partial charge on any atom is 0.339 e. The van der Waals surface area contributed by atoms with Gasteiger partial charge in [-0.2, -0.15) is 0 Å². The smallest absolute Gasteiger partial charge is 0.339 e. The molecule has 17 heteroatoms. The molecule has 40 heavy (non-hydrogen) atoms. The first-order chi connectivity index (χ1) is 18.8. The van der Waals surface area contributed by atoms with E-state index in [4.69, 9.17) is 29.0 Å². The lowest BCUT2D eigenvalue weighted by atomic mass is 10.2. The number of carbonyl (C=O) groups excluding carboxylic acids is 2. The number of carbonyl (C=O) groups is 2. The lowest BCUT2D eigenvalue weighted by molar-refractivity contribution is -0.143. The number of para-hydroxylation sites is 1. The Kier molecular flexibility index (Phi) is 10.7. The normalized spacial score (nSPS) is 13.8. The Morgan fingerprint density at radius 3 is 1.90 bits per heavy atom. The van der Waals surface area contributed by atoms with E-state index in [0.29, 0.717) is 16.5 Å². The zero-order valence-electron chi connectivity index (χ0n) is 21.4. The van der Waals surface area contributed by atoms with E-state index in [-0.39, 0.29) is 26.3 Å². The van der Waals surface area contributed by atoms with Crippen LogP contribution in [0.4, 0.5) is 16.5 Å². The van der Waals surface area contributed by atoms with Crippen molar-refractivity contribution in [2.24, 2.45) is 10.2 Å². The minimum Gasteiger partial charge on any atom is -0.463 e. The van der Waals surface area contributed by atoms with Crippen molar-refractivity contribution >= 4 is 65.2 Å². The van der Waals surface area contributed by atoms with Crippen LogP contribution in [0.3, 0.4) is 0 Å². The molecule has 14 nitrogen and oxygen atoms in total. The largest absolute Gasteiger partial charge is 0.463 e. The summed E-state index contributed by atoms with van der Waals surface area (Å²) >= 11 is 1.39. The van der Waals surface area contributed by atoms with Gasteiger partial charge in [-0.3, -0.25) is 18.7 Å². The Hall–Kier alpha value is -3.03. The second-order valence-corrected chi connectivity index (χ2v) is 13.4. The highest BCUT2D eigenvalue weighted by molar-refractivity contribution is 7.54. The van der Waals surface area contributed by atoms with Crippen molar-refractivity contribution in [2.45, 2.75) is 25.2 Å². The number of rotatable bonds is 13. The third-order valence-corrected chi connectivity index (χ3v) is 9.01. The van der Waals surface area contributed by atoms with Crippen LogP contribution in [0.15, 0.2) is 58.8 Å². The van der Waals surface area contributed by atoms with Gasteiger partial charge < -0.3 is 33.9 Å². The van der Waals surface area contributed by atoms with E-state index in [9.17, 15) is 18.7 Å². The van der Waals surface area contributed by atoms with Gasteiger partial charge in [0.25, 0.3) is 0 Å². The van der Waals surface area contributed by atoms with E-state index in [2.05, 4.69) is 15.2 Å². The third kappa shape index (κ3) is 9.00. The number of esters is 2. The Morgan fingerprint density at radius 1 is 0.875 bits per heavy atom. The van der Waals surface area contributed by atoms with Crippen LogP contribution in [0.25, 0.3) is 10.2 Å². The number of aromatic nitrogens is 1. The van der Waals surface area contributed by atoms with Crippen LogP contribution in [0.1, 0.15) is 13.8 Å². The number of ether oxygens (including phenoxy) is 2. The van der Waals surface area contributed by atoms with Crippen molar-refractivity contribution in [1.29, 1.82) is 0 Å². The third-order valence-electron chi connectivity index (χ3n) is 5.65. The summed E-state index contributed by atoms with van der Waals surface area (Å²) in [4.78, 5) is 66.7. The van der Waals surface area contributed by atoms with Crippen LogP contribution in [-0.2, 0) is 28.2 Å². The van der Waals surface area contributed by atoms with Gasteiger partial charge in [-0.1, -0.05) is 23.5 Å². The Labute approximate surface area is 233 Å². The summed E-state index contributed by atoms with van der Waals surface area (Å²) in [5.41, 5.74) is -1.32. The molecule has 3 rings (SSSR count). The van der Waals surface area contributed by atoms with Crippen molar-refractivity contribution in [1.82, 2.24) is 4.98 Å². The number of benzene rings is 2. The predicted molar refractivity (Wildman–Crippen MR) is 147 cm³/mol. The zero-order chi connectivity index (χ0) is 29.5. The van der Waals surface area contributed by atoms with Gasteiger partial charge in [0, 0.05) is 5.69 Å². The Bertz CT molecular complexity index is 1370. The predicted octanol–water partition coefficient (Wildman–Crippen LogP) is 3.74. The summed E-state index contributed by atoms with van der Waals surface area (Å²) in [6.07, 6.45) is 0. The molecule has 0 spiro atoms. The molecule has 2 unspecified atom stereocenters. The maximum atomic E-state index is 12.0.